The summed E-state index contributed by atoms with van der Waals surface area (Å²) in [6.07, 6.45) is 6.65. The SMILES string of the molecule is Cl.Fc1ccc(/C=C/C2CCCN2)cc1. The van der Waals surface area contributed by atoms with Gasteiger partial charge in [0.15, 0.2) is 0 Å². The molecule has 1 unspecified atom stereocenters. The van der Waals surface area contributed by atoms with E-state index in [0.717, 1.165) is 12.1 Å². The lowest BCUT2D eigenvalue weighted by atomic mass is 10.1. The summed E-state index contributed by atoms with van der Waals surface area (Å²) in [5.74, 6) is -0.179. The second kappa shape index (κ2) is 5.89. The molecule has 1 aromatic carbocycles. The van der Waals surface area contributed by atoms with Crippen LogP contribution in [-0.2, 0) is 0 Å². The highest BCUT2D eigenvalue weighted by atomic mass is 35.5. The molecule has 82 valence electrons. The van der Waals surface area contributed by atoms with Crippen molar-refractivity contribution in [2.45, 2.75) is 18.9 Å². The van der Waals surface area contributed by atoms with Gasteiger partial charge in [-0.15, -0.1) is 12.4 Å². The molecule has 1 heterocycles. The first kappa shape index (κ1) is 12.2. The van der Waals surface area contributed by atoms with Crippen molar-refractivity contribution in [2.75, 3.05) is 6.54 Å². The summed E-state index contributed by atoms with van der Waals surface area (Å²) in [5.41, 5.74) is 1.06. The molecule has 1 aliphatic rings. The van der Waals surface area contributed by atoms with E-state index in [1.54, 1.807) is 12.1 Å². The third-order valence-electron chi connectivity index (χ3n) is 2.49. The van der Waals surface area contributed by atoms with Crippen molar-refractivity contribution in [1.29, 1.82) is 0 Å². The molecule has 1 atom stereocenters. The molecular formula is C12H15ClFN. The van der Waals surface area contributed by atoms with Crippen molar-refractivity contribution in [1.82, 2.24) is 5.32 Å². The highest BCUT2D eigenvalue weighted by Gasteiger charge is 2.09. The maximum Gasteiger partial charge on any atom is 0.123 e. The highest BCUT2D eigenvalue weighted by molar-refractivity contribution is 5.85. The van der Waals surface area contributed by atoms with Crippen molar-refractivity contribution in [3.05, 3.63) is 41.7 Å². The first-order valence-electron chi connectivity index (χ1n) is 5.02. The van der Waals surface area contributed by atoms with E-state index in [1.807, 2.05) is 6.08 Å². The zero-order valence-electron chi connectivity index (χ0n) is 8.45. The van der Waals surface area contributed by atoms with Crippen LogP contribution in [0.3, 0.4) is 0 Å². The standard InChI is InChI=1S/C12H14FN.ClH/c13-11-6-3-10(4-7-11)5-8-12-2-1-9-14-12;/h3-8,12,14H,1-2,9H2;1H/b8-5+;. The van der Waals surface area contributed by atoms with Gasteiger partial charge in [-0.05, 0) is 37.1 Å². The molecule has 2 rings (SSSR count). The topological polar surface area (TPSA) is 12.0 Å². The minimum Gasteiger partial charge on any atom is -0.311 e. The fourth-order valence-corrected chi connectivity index (χ4v) is 1.68. The molecule has 0 aliphatic carbocycles. The van der Waals surface area contributed by atoms with Crippen LogP contribution in [0.5, 0.6) is 0 Å². The predicted octanol–water partition coefficient (Wildman–Crippen LogP) is 3.01. The zero-order valence-corrected chi connectivity index (χ0v) is 9.27. The number of rotatable bonds is 2. The second-order valence-corrected chi connectivity index (χ2v) is 3.61. The first-order valence-corrected chi connectivity index (χ1v) is 5.02. The summed E-state index contributed by atoms with van der Waals surface area (Å²) >= 11 is 0. The van der Waals surface area contributed by atoms with Crippen molar-refractivity contribution in [3.63, 3.8) is 0 Å². The summed E-state index contributed by atoms with van der Waals surface area (Å²) in [7, 11) is 0. The van der Waals surface area contributed by atoms with Crippen molar-refractivity contribution in [2.24, 2.45) is 0 Å². The monoisotopic (exact) mass is 227 g/mol. The highest BCUT2D eigenvalue weighted by Crippen LogP contribution is 2.09. The summed E-state index contributed by atoms with van der Waals surface area (Å²) in [6.45, 7) is 1.11. The largest absolute Gasteiger partial charge is 0.311 e. The van der Waals surface area contributed by atoms with E-state index in [2.05, 4.69) is 11.4 Å². The van der Waals surface area contributed by atoms with Gasteiger partial charge >= 0.3 is 0 Å². The average Bonchev–Trinajstić information content (AvgIpc) is 2.70. The second-order valence-electron chi connectivity index (χ2n) is 3.61. The van der Waals surface area contributed by atoms with E-state index in [9.17, 15) is 4.39 Å². The van der Waals surface area contributed by atoms with Gasteiger partial charge in [0.05, 0.1) is 0 Å². The number of hydrogen-bond acceptors (Lipinski definition) is 1. The Hall–Kier alpha value is -0.860. The molecule has 0 aromatic heterocycles. The molecule has 3 heteroatoms. The fraction of sp³-hybridized carbons (Fsp3) is 0.333. The smallest absolute Gasteiger partial charge is 0.123 e. The Labute approximate surface area is 95.8 Å². The average molecular weight is 228 g/mol. The van der Waals surface area contributed by atoms with Gasteiger partial charge in [-0.2, -0.15) is 0 Å². The lowest BCUT2D eigenvalue weighted by Crippen LogP contribution is -2.17. The van der Waals surface area contributed by atoms with Gasteiger partial charge in [0, 0.05) is 6.04 Å². The minimum absolute atomic E-state index is 0. The van der Waals surface area contributed by atoms with Gasteiger partial charge in [-0.1, -0.05) is 24.3 Å². The molecule has 0 spiro atoms. The molecule has 0 amide bonds. The van der Waals surface area contributed by atoms with Crippen LogP contribution in [0.2, 0.25) is 0 Å². The Morgan fingerprint density at radius 2 is 2.00 bits per heavy atom. The van der Waals surface area contributed by atoms with Crippen LogP contribution in [0.25, 0.3) is 6.08 Å². The zero-order chi connectivity index (χ0) is 9.80. The Bertz CT molecular complexity index is 315. The van der Waals surface area contributed by atoms with E-state index in [-0.39, 0.29) is 18.2 Å². The van der Waals surface area contributed by atoms with E-state index in [4.69, 9.17) is 0 Å². The lowest BCUT2D eigenvalue weighted by molar-refractivity contribution is 0.628. The summed E-state index contributed by atoms with van der Waals surface area (Å²) < 4.78 is 12.6. The number of nitrogens with one attached hydrogen (secondary N) is 1. The van der Waals surface area contributed by atoms with Gasteiger partial charge in [0.1, 0.15) is 5.82 Å². The third-order valence-corrected chi connectivity index (χ3v) is 2.49. The molecule has 0 saturated carbocycles. The van der Waals surface area contributed by atoms with Gasteiger partial charge in [0.2, 0.25) is 0 Å². The maximum absolute atomic E-state index is 12.6. The summed E-state index contributed by atoms with van der Waals surface area (Å²) in [4.78, 5) is 0. The van der Waals surface area contributed by atoms with E-state index >= 15 is 0 Å². The van der Waals surface area contributed by atoms with E-state index in [1.165, 1.54) is 25.0 Å². The molecule has 1 fully saturated rings. The minimum atomic E-state index is -0.179. The molecule has 1 aliphatic heterocycles. The van der Waals surface area contributed by atoms with Crippen LogP contribution in [-0.4, -0.2) is 12.6 Å². The van der Waals surface area contributed by atoms with Crippen LogP contribution in [0.1, 0.15) is 18.4 Å². The van der Waals surface area contributed by atoms with Crippen LogP contribution in [0.4, 0.5) is 4.39 Å². The molecule has 0 bridgehead atoms. The number of benzene rings is 1. The van der Waals surface area contributed by atoms with E-state index in [0.29, 0.717) is 6.04 Å². The Balaban J connectivity index is 0.00000112. The van der Waals surface area contributed by atoms with Crippen LogP contribution >= 0.6 is 12.4 Å². The summed E-state index contributed by atoms with van der Waals surface area (Å²) in [6, 6.07) is 7.06. The Morgan fingerprint density at radius 3 is 2.60 bits per heavy atom. The molecule has 15 heavy (non-hydrogen) atoms. The number of halogens is 2. The van der Waals surface area contributed by atoms with Crippen LogP contribution < -0.4 is 5.32 Å². The molecule has 1 aromatic rings. The van der Waals surface area contributed by atoms with E-state index < -0.39 is 0 Å². The number of hydrogen-bond donors (Lipinski definition) is 1. The van der Waals surface area contributed by atoms with Crippen molar-refractivity contribution in [3.8, 4) is 0 Å². The maximum atomic E-state index is 12.6. The molecule has 1 nitrogen and oxygen atoms in total. The van der Waals surface area contributed by atoms with Gasteiger partial charge in [0.25, 0.3) is 0 Å². The van der Waals surface area contributed by atoms with Gasteiger partial charge < -0.3 is 5.32 Å². The quantitative estimate of drug-likeness (QED) is 0.819. The lowest BCUT2D eigenvalue weighted by Gasteiger charge is -2.01. The van der Waals surface area contributed by atoms with Crippen molar-refractivity contribution < 1.29 is 4.39 Å². The molecule has 1 N–H and O–H groups in total. The van der Waals surface area contributed by atoms with Gasteiger partial charge in [-0.25, -0.2) is 4.39 Å². The third kappa shape index (κ3) is 3.65. The van der Waals surface area contributed by atoms with Crippen molar-refractivity contribution >= 4 is 18.5 Å². The molecule has 1 saturated heterocycles. The summed E-state index contributed by atoms with van der Waals surface area (Å²) in [5, 5.41) is 3.38. The normalized spacial score (nSPS) is 20.5. The Morgan fingerprint density at radius 1 is 1.27 bits per heavy atom. The predicted molar refractivity (Wildman–Crippen MR) is 63.7 cm³/mol. The Kier molecular flexibility index (Phi) is 4.79. The fourth-order valence-electron chi connectivity index (χ4n) is 1.68. The van der Waals surface area contributed by atoms with Crippen LogP contribution in [0.15, 0.2) is 30.3 Å². The van der Waals surface area contributed by atoms with Crippen LogP contribution in [0, 0.1) is 5.82 Å². The molecule has 0 radical (unpaired) electrons. The molecular weight excluding hydrogens is 213 g/mol. The van der Waals surface area contributed by atoms with Gasteiger partial charge in [-0.3, -0.25) is 0 Å². The first-order chi connectivity index (χ1) is 6.84.